The first-order valence-corrected chi connectivity index (χ1v) is 9.83. The van der Waals surface area contributed by atoms with Gasteiger partial charge in [-0.05, 0) is 38.3 Å². The van der Waals surface area contributed by atoms with E-state index in [0.717, 1.165) is 25.0 Å². The molecule has 6 nitrogen and oxygen atoms in total. The van der Waals surface area contributed by atoms with Crippen molar-refractivity contribution >= 4 is 10.0 Å². The van der Waals surface area contributed by atoms with Gasteiger partial charge < -0.3 is 9.47 Å². The Morgan fingerprint density at radius 2 is 2.22 bits per heavy atom. The largest absolute Gasteiger partial charge is 0.372 e. The van der Waals surface area contributed by atoms with Crippen LogP contribution in [0.3, 0.4) is 0 Å². The van der Waals surface area contributed by atoms with Crippen molar-refractivity contribution in [2.24, 2.45) is 0 Å². The molecule has 0 aromatic carbocycles. The van der Waals surface area contributed by atoms with Gasteiger partial charge in [0.15, 0.2) is 0 Å². The minimum Gasteiger partial charge on any atom is -0.372 e. The second-order valence-corrected chi connectivity index (χ2v) is 8.29. The lowest BCUT2D eigenvalue weighted by Crippen LogP contribution is -2.46. The standard InChI is InChI=1S/C16H24N2O4S/c1-2-23(19,20)18-10-8-16-15(18)7-6-14(22-16)12-21-11-13-5-3-4-9-17-13/h3-5,9,14-16H,2,6-8,10-12H2,1H3/t14-,15-,16-/m0/s1. The number of hydrogen-bond acceptors (Lipinski definition) is 5. The van der Waals surface area contributed by atoms with E-state index in [1.54, 1.807) is 17.4 Å². The van der Waals surface area contributed by atoms with Crippen LogP contribution in [0.2, 0.25) is 0 Å². The monoisotopic (exact) mass is 340 g/mol. The van der Waals surface area contributed by atoms with Crippen LogP contribution in [0, 0.1) is 0 Å². The van der Waals surface area contributed by atoms with Crippen LogP contribution < -0.4 is 0 Å². The summed E-state index contributed by atoms with van der Waals surface area (Å²) in [5.41, 5.74) is 0.905. The Morgan fingerprint density at radius 3 is 2.96 bits per heavy atom. The predicted molar refractivity (Wildman–Crippen MR) is 86.4 cm³/mol. The highest BCUT2D eigenvalue weighted by atomic mass is 32.2. The van der Waals surface area contributed by atoms with Crippen molar-refractivity contribution in [3.8, 4) is 0 Å². The number of sulfonamides is 1. The lowest BCUT2D eigenvalue weighted by Gasteiger charge is -2.35. The number of aromatic nitrogens is 1. The van der Waals surface area contributed by atoms with Crippen molar-refractivity contribution in [3.05, 3.63) is 30.1 Å². The molecule has 0 unspecified atom stereocenters. The van der Waals surface area contributed by atoms with Crippen LogP contribution in [0.15, 0.2) is 24.4 Å². The van der Waals surface area contributed by atoms with Gasteiger partial charge >= 0.3 is 0 Å². The summed E-state index contributed by atoms with van der Waals surface area (Å²) in [6.45, 7) is 3.28. The van der Waals surface area contributed by atoms with Gasteiger partial charge in [0, 0.05) is 12.7 Å². The summed E-state index contributed by atoms with van der Waals surface area (Å²) in [6, 6.07) is 5.76. The molecule has 23 heavy (non-hydrogen) atoms. The van der Waals surface area contributed by atoms with E-state index in [9.17, 15) is 8.42 Å². The van der Waals surface area contributed by atoms with E-state index in [1.807, 2.05) is 18.2 Å². The topological polar surface area (TPSA) is 68.7 Å². The molecule has 0 N–H and O–H groups in total. The molecule has 0 aliphatic carbocycles. The molecular formula is C16H24N2O4S. The molecule has 0 saturated carbocycles. The minimum atomic E-state index is -3.12. The molecule has 0 bridgehead atoms. The van der Waals surface area contributed by atoms with E-state index < -0.39 is 10.0 Å². The SMILES string of the molecule is CCS(=O)(=O)N1CC[C@@H]2O[C@H](COCc3ccccn3)CC[C@@H]21. The van der Waals surface area contributed by atoms with E-state index in [1.165, 1.54) is 0 Å². The van der Waals surface area contributed by atoms with Crippen LogP contribution in [0.5, 0.6) is 0 Å². The zero-order valence-corrected chi connectivity index (χ0v) is 14.2. The lowest BCUT2D eigenvalue weighted by molar-refractivity contribution is -0.0964. The van der Waals surface area contributed by atoms with Crippen LogP contribution in [-0.2, 0) is 26.1 Å². The summed E-state index contributed by atoms with van der Waals surface area (Å²) in [4.78, 5) is 4.22. The third-order valence-corrected chi connectivity index (χ3v) is 6.48. The summed E-state index contributed by atoms with van der Waals surface area (Å²) in [6.07, 6.45) is 4.26. The molecule has 0 radical (unpaired) electrons. The molecule has 2 fully saturated rings. The fraction of sp³-hybridized carbons (Fsp3) is 0.688. The Bertz CT molecular complexity index is 608. The maximum absolute atomic E-state index is 12.1. The first-order chi connectivity index (χ1) is 11.1. The third-order valence-electron chi connectivity index (χ3n) is 4.59. The number of pyridine rings is 1. The predicted octanol–water partition coefficient (Wildman–Crippen LogP) is 1.57. The maximum atomic E-state index is 12.1. The van der Waals surface area contributed by atoms with Crippen molar-refractivity contribution in [1.82, 2.24) is 9.29 Å². The molecule has 3 heterocycles. The van der Waals surface area contributed by atoms with Gasteiger partial charge in [-0.15, -0.1) is 0 Å². The van der Waals surface area contributed by atoms with Gasteiger partial charge in [-0.1, -0.05) is 6.07 Å². The first-order valence-electron chi connectivity index (χ1n) is 8.23. The number of hydrogen-bond donors (Lipinski definition) is 0. The van der Waals surface area contributed by atoms with E-state index >= 15 is 0 Å². The molecule has 7 heteroatoms. The van der Waals surface area contributed by atoms with Crippen LogP contribution in [-0.4, -0.2) is 54.9 Å². The molecule has 2 aliphatic heterocycles. The molecule has 3 atom stereocenters. The second kappa shape index (κ2) is 7.25. The summed E-state index contributed by atoms with van der Waals surface area (Å²) >= 11 is 0. The molecule has 1 aromatic heterocycles. The van der Waals surface area contributed by atoms with Crippen LogP contribution >= 0.6 is 0 Å². The highest BCUT2D eigenvalue weighted by Gasteiger charge is 2.44. The van der Waals surface area contributed by atoms with E-state index in [4.69, 9.17) is 9.47 Å². The average Bonchev–Trinajstić information content (AvgIpc) is 3.00. The van der Waals surface area contributed by atoms with Crippen molar-refractivity contribution in [3.63, 3.8) is 0 Å². The summed E-state index contributed by atoms with van der Waals surface area (Å²) in [5.74, 6) is 0.160. The van der Waals surface area contributed by atoms with Crippen molar-refractivity contribution in [2.75, 3.05) is 18.9 Å². The molecule has 2 aliphatic rings. The Labute approximate surface area is 137 Å². The Hall–Kier alpha value is -1.02. The van der Waals surface area contributed by atoms with Crippen LogP contribution in [0.4, 0.5) is 0 Å². The van der Waals surface area contributed by atoms with Gasteiger partial charge in [0.05, 0.1) is 42.9 Å². The lowest BCUT2D eigenvalue weighted by atomic mass is 10.0. The Balaban J connectivity index is 1.48. The van der Waals surface area contributed by atoms with Gasteiger partial charge in [-0.3, -0.25) is 4.98 Å². The number of fused-ring (bicyclic) bond motifs is 1. The molecule has 3 rings (SSSR count). The second-order valence-electron chi connectivity index (χ2n) is 6.08. The molecule has 2 saturated heterocycles. The fourth-order valence-electron chi connectivity index (χ4n) is 3.37. The summed E-state index contributed by atoms with van der Waals surface area (Å²) in [7, 11) is -3.12. The average molecular weight is 340 g/mol. The molecule has 0 amide bonds. The zero-order chi connectivity index (χ0) is 16.3. The maximum Gasteiger partial charge on any atom is 0.214 e. The van der Waals surface area contributed by atoms with E-state index in [2.05, 4.69) is 4.98 Å². The molecule has 1 aromatic rings. The number of nitrogens with zero attached hydrogens (tertiary/aromatic N) is 2. The fourth-order valence-corrected chi connectivity index (χ4v) is 4.74. The quantitative estimate of drug-likeness (QED) is 0.786. The van der Waals surface area contributed by atoms with Gasteiger partial charge in [0.25, 0.3) is 0 Å². The summed E-state index contributed by atoms with van der Waals surface area (Å²) in [5, 5.41) is 0. The van der Waals surface area contributed by atoms with Gasteiger partial charge in [-0.2, -0.15) is 4.31 Å². The van der Waals surface area contributed by atoms with E-state index in [-0.39, 0.29) is 24.0 Å². The zero-order valence-electron chi connectivity index (χ0n) is 13.4. The molecule has 0 spiro atoms. The van der Waals surface area contributed by atoms with Gasteiger partial charge in [0.2, 0.25) is 10.0 Å². The van der Waals surface area contributed by atoms with Crippen molar-refractivity contribution in [1.29, 1.82) is 0 Å². The highest BCUT2D eigenvalue weighted by molar-refractivity contribution is 7.89. The first kappa shape index (κ1) is 16.8. The smallest absolute Gasteiger partial charge is 0.214 e. The Kier molecular flexibility index (Phi) is 5.31. The van der Waals surface area contributed by atoms with Crippen LogP contribution in [0.25, 0.3) is 0 Å². The number of rotatable bonds is 6. The molecule has 128 valence electrons. The normalized spacial score (nSPS) is 28.7. The highest BCUT2D eigenvalue weighted by Crippen LogP contribution is 2.33. The Morgan fingerprint density at radius 1 is 1.35 bits per heavy atom. The van der Waals surface area contributed by atoms with Crippen molar-refractivity contribution < 1.29 is 17.9 Å². The molecular weight excluding hydrogens is 316 g/mol. The minimum absolute atomic E-state index is 0.00647. The van der Waals surface area contributed by atoms with Crippen molar-refractivity contribution in [2.45, 2.75) is 51.0 Å². The van der Waals surface area contributed by atoms with E-state index in [0.29, 0.717) is 19.8 Å². The van der Waals surface area contributed by atoms with Gasteiger partial charge in [-0.25, -0.2) is 8.42 Å². The third kappa shape index (κ3) is 3.91. The van der Waals surface area contributed by atoms with Gasteiger partial charge in [0.1, 0.15) is 0 Å². The number of ether oxygens (including phenoxy) is 2. The van der Waals surface area contributed by atoms with Crippen LogP contribution in [0.1, 0.15) is 31.9 Å². The summed E-state index contributed by atoms with van der Waals surface area (Å²) < 4.78 is 37.6.